The molecule has 1 aromatic carbocycles. The predicted molar refractivity (Wildman–Crippen MR) is 72.8 cm³/mol. The van der Waals surface area contributed by atoms with Crippen LogP contribution in [-0.4, -0.2) is 11.1 Å². The second-order valence-electron chi connectivity index (χ2n) is 4.97. The summed E-state index contributed by atoms with van der Waals surface area (Å²) in [4.78, 5) is 0. The Hall–Kier alpha value is -0.860. The highest BCUT2D eigenvalue weighted by Gasteiger charge is 2.14. The molecule has 0 radical (unpaired) electrons. The average Bonchev–Trinajstić information content (AvgIpc) is 2.37. The molecule has 2 nitrogen and oxygen atoms in total. The van der Waals surface area contributed by atoms with E-state index >= 15 is 0 Å². The fraction of sp³-hybridized carbons (Fsp3) is 0.600. The van der Waals surface area contributed by atoms with Crippen molar-refractivity contribution < 1.29 is 5.11 Å². The Bertz CT molecular complexity index is 337. The van der Waals surface area contributed by atoms with Gasteiger partial charge in [-0.3, -0.25) is 0 Å². The van der Waals surface area contributed by atoms with Crippen LogP contribution >= 0.6 is 0 Å². The number of benzene rings is 1. The van der Waals surface area contributed by atoms with E-state index in [0.29, 0.717) is 18.0 Å². The quantitative estimate of drug-likeness (QED) is 0.793. The standard InChI is InChI=1S/C15H25NO/c1-5-11(2)12(3)16-13(4)15-8-6-7-14(9-15)10-17/h6-9,11-13,16-17H,5,10H2,1-4H3. The number of hydrogen-bond acceptors (Lipinski definition) is 2. The van der Waals surface area contributed by atoms with Crippen molar-refractivity contribution in [3.63, 3.8) is 0 Å². The summed E-state index contributed by atoms with van der Waals surface area (Å²) >= 11 is 0. The number of hydrogen-bond donors (Lipinski definition) is 2. The van der Waals surface area contributed by atoms with E-state index in [9.17, 15) is 0 Å². The molecule has 0 bridgehead atoms. The van der Waals surface area contributed by atoms with Gasteiger partial charge in [0.25, 0.3) is 0 Å². The van der Waals surface area contributed by atoms with Crippen LogP contribution in [0.25, 0.3) is 0 Å². The van der Waals surface area contributed by atoms with E-state index < -0.39 is 0 Å². The molecule has 0 spiro atoms. The van der Waals surface area contributed by atoms with Crippen LogP contribution in [0.4, 0.5) is 0 Å². The molecule has 1 aromatic rings. The van der Waals surface area contributed by atoms with Crippen molar-refractivity contribution >= 4 is 0 Å². The van der Waals surface area contributed by atoms with E-state index in [4.69, 9.17) is 5.11 Å². The van der Waals surface area contributed by atoms with Gasteiger partial charge in [0.1, 0.15) is 0 Å². The van der Waals surface area contributed by atoms with Gasteiger partial charge in [0.2, 0.25) is 0 Å². The van der Waals surface area contributed by atoms with Gasteiger partial charge in [0.15, 0.2) is 0 Å². The Kier molecular flexibility index (Phi) is 5.66. The highest BCUT2D eigenvalue weighted by molar-refractivity contribution is 5.25. The van der Waals surface area contributed by atoms with Crippen molar-refractivity contribution in [1.82, 2.24) is 5.32 Å². The Morgan fingerprint density at radius 3 is 2.53 bits per heavy atom. The van der Waals surface area contributed by atoms with E-state index in [2.05, 4.69) is 45.1 Å². The minimum absolute atomic E-state index is 0.113. The van der Waals surface area contributed by atoms with Crippen LogP contribution in [0, 0.1) is 5.92 Å². The summed E-state index contributed by atoms with van der Waals surface area (Å²) in [6.45, 7) is 9.02. The largest absolute Gasteiger partial charge is 0.392 e. The van der Waals surface area contributed by atoms with Gasteiger partial charge in [-0.15, -0.1) is 0 Å². The molecule has 0 saturated carbocycles. The van der Waals surface area contributed by atoms with Crippen molar-refractivity contribution in [2.75, 3.05) is 0 Å². The number of aliphatic hydroxyl groups excluding tert-OH is 1. The molecule has 0 heterocycles. The van der Waals surface area contributed by atoms with Crippen LogP contribution in [0.2, 0.25) is 0 Å². The van der Waals surface area contributed by atoms with Gasteiger partial charge < -0.3 is 10.4 Å². The smallest absolute Gasteiger partial charge is 0.0681 e. The SMILES string of the molecule is CCC(C)C(C)NC(C)c1cccc(CO)c1. The fourth-order valence-corrected chi connectivity index (χ4v) is 1.97. The van der Waals surface area contributed by atoms with E-state index in [1.54, 1.807) is 0 Å². The minimum atomic E-state index is 0.113. The Balaban J connectivity index is 2.65. The molecular weight excluding hydrogens is 210 g/mol. The maximum atomic E-state index is 9.13. The third-order valence-electron chi connectivity index (χ3n) is 3.64. The first kappa shape index (κ1) is 14.2. The zero-order chi connectivity index (χ0) is 12.8. The van der Waals surface area contributed by atoms with Gasteiger partial charge in [-0.25, -0.2) is 0 Å². The van der Waals surface area contributed by atoms with Crippen molar-refractivity contribution in [3.8, 4) is 0 Å². The molecule has 0 fully saturated rings. The number of rotatable bonds is 6. The third kappa shape index (κ3) is 4.14. The summed E-state index contributed by atoms with van der Waals surface area (Å²) in [5, 5.41) is 12.7. The maximum Gasteiger partial charge on any atom is 0.0681 e. The van der Waals surface area contributed by atoms with E-state index in [1.807, 2.05) is 12.1 Å². The lowest BCUT2D eigenvalue weighted by atomic mass is 9.98. The third-order valence-corrected chi connectivity index (χ3v) is 3.64. The molecule has 3 atom stereocenters. The van der Waals surface area contributed by atoms with Crippen molar-refractivity contribution in [2.24, 2.45) is 5.92 Å². The lowest BCUT2D eigenvalue weighted by molar-refractivity contribution is 0.281. The normalized spacial score (nSPS) is 16.5. The molecule has 0 aromatic heterocycles. The van der Waals surface area contributed by atoms with Gasteiger partial charge in [-0.05, 0) is 30.9 Å². The lowest BCUT2D eigenvalue weighted by Gasteiger charge is -2.25. The van der Waals surface area contributed by atoms with Gasteiger partial charge in [0.05, 0.1) is 6.61 Å². The van der Waals surface area contributed by atoms with E-state index in [-0.39, 0.29) is 6.61 Å². The first-order chi connectivity index (χ1) is 8.08. The average molecular weight is 235 g/mol. The summed E-state index contributed by atoms with van der Waals surface area (Å²) < 4.78 is 0. The lowest BCUT2D eigenvalue weighted by Crippen LogP contribution is -2.33. The second-order valence-corrected chi connectivity index (χ2v) is 4.97. The second kappa shape index (κ2) is 6.77. The molecule has 96 valence electrons. The summed E-state index contributed by atoms with van der Waals surface area (Å²) in [6.07, 6.45) is 1.19. The highest BCUT2D eigenvalue weighted by atomic mass is 16.3. The molecule has 3 unspecified atom stereocenters. The summed E-state index contributed by atoms with van der Waals surface area (Å²) in [6, 6.07) is 8.97. The summed E-state index contributed by atoms with van der Waals surface area (Å²) in [5.41, 5.74) is 2.22. The number of aliphatic hydroxyl groups is 1. The zero-order valence-electron chi connectivity index (χ0n) is 11.4. The van der Waals surface area contributed by atoms with Gasteiger partial charge in [-0.1, -0.05) is 44.5 Å². The van der Waals surface area contributed by atoms with Crippen LogP contribution < -0.4 is 5.32 Å². The molecule has 17 heavy (non-hydrogen) atoms. The monoisotopic (exact) mass is 235 g/mol. The topological polar surface area (TPSA) is 32.3 Å². The minimum Gasteiger partial charge on any atom is -0.392 e. The summed E-state index contributed by atoms with van der Waals surface area (Å²) in [7, 11) is 0. The molecule has 2 heteroatoms. The van der Waals surface area contributed by atoms with E-state index in [0.717, 1.165) is 5.56 Å². The van der Waals surface area contributed by atoms with Crippen LogP contribution in [-0.2, 0) is 6.61 Å². The zero-order valence-corrected chi connectivity index (χ0v) is 11.4. The maximum absolute atomic E-state index is 9.13. The van der Waals surface area contributed by atoms with E-state index in [1.165, 1.54) is 12.0 Å². The molecule has 1 rings (SSSR count). The van der Waals surface area contributed by atoms with Crippen LogP contribution in [0.1, 0.15) is 51.3 Å². The van der Waals surface area contributed by atoms with Crippen molar-refractivity contribution in [3.05, 3.63) is 35.4 Å². The first-order valence-electron chi connectivity index (χ1n) is 6.54. The van der Waals surface area contributed by atoms with Gasteiger partial charge in [0, 0.05) is 12.1 Å². The first-order valence-corrected chi connectivity index (χ1v) is 6.54. The van der Waals surface area contributed by atoms with Gasteiger partial charge >= 0.3 is 0 Å². The van der Waals surface area contributed by atoms with Crippen molar-refractivity contribution in [2.45, 2.75) is 52.8 Å². The molecule has 0 saturated heterocycles. The summed E-state index contributed by atoms with van der Waals surface area (Å²) in [5.74, 6) is 0.679. The Morgan fingerprint density at radius 1 is 1.24 bits per heavy atom. The molecule has 0 aliphatic rings. The Morgan fingerprint density at radius 2 is 1.94 bits per heavy atom. The van der Waals surface area contributed by atoms with Crippen LogP contribution in [0.15, 0.2) is 24.3 Å². The molecule has 0 amide bonds. The Labute approximate surface area is 105 Å². The van der Waals surface area contributed by atoms with Crippen LogP contribution in [0.3, 0.4) is 0 Å². The van der Waals surface area contributed by atoms with Crippen LogP contribution in [0.5, 0.6) is 0 Å². The molecule has 2 N–H and O–H groups in total. The molecule has 0 aliphatic carbocycles. The highest BCUT2D eigenvalue weighted by Crippen LogP contribution is 2.17. The van der Waals surface area contributed by atoms with Gasteiger partial charge in [-0.2, -0.15) is 0 Å². The predicted octanol–water partition coefficient (Wildman–Crippen LogP) is 3.26. The molecular formula is C15H25NO. The molecule has 0 aliphatic heterocycles. The fourth-order valence-electron chi connectivity index (χ4n) is 1.97. The van der Waals surface area contributed by atoms with Crippen molar-refractivity contribution in [1.29, 1.82) is 0 Å². The number of nitrogens with one attached hydrogen (secondary N) is 1.